The van der Waals surface area contributed by atoms with Crippen molar-refractivity contribution in [1.29, 1.82) is 0 Å². The highest BCUT2D eigenvalue weighted by atomic mass is 16.3. The normalized spacial score (nSPS) is 11.3. The Balaban J connectivity index is 2.02. The molecular formula is C14H18N4O2. The number of benzene rings is 1. The lowest BCUT2D eigenvalue weighted by Crippen LogP contribution is -2.24. The van der Waals surface area contributed by atoms with Crippen LogP contribution in [0.2, 0.25) is 0 Å². The van der Waals surface area contributed by atoms with Crippen LogP contribution in [0.25, 0.3) is 0 Å². The molecule has 106 valence electrons. The lowest BCUT2D eigenvalue weighted by atomic mass is 9.96. The van der Waals surface area contributed by atoms with E-state index in [-0.39, 0.29) is 29.4 Å². The number of para-hydroxylation sites is 1. The number of aromatic nitrogens is 3. The molecule has 3 N–H and O–H groups in total. The van der Waals surface area contributed by atoms with Crippen molar-refractivity contribution in [1.82, 2.24) is 20.5 Å². The van der Waals surface area contributed by atoms with E-state index in [2.05, 4.69) is 20.5 Å². The molecule has 0 aliphatic carbocycles. The number of phenols is 1. The van der Waals surface area contributed by atoms with E-state index in [1.54, 1.807) is 24.3 Å². The van der Waals surface area contributed by atoms with Crippen LogP contribution in [0.15, 0.2) is 24.3 Å². The van der Waals surface area contributed by atoms with Crippen LogP contribution < -0.4 is 5.32 Å². The van der Waals surface area contributed by atoms with Crippen LogP contribution in [0.5, 0.6) is 5.75 Å². The molecule has 0 aliphatic heterocycles. The molecule has 0 unspecified atom stereocenters. The van der Waals surface area contributed by atoms with Gasteiger partial charge in [-0.15, -0.1) is 5.10 Å². The molecule has 6 heteroatoms. The van der Waals surface area contributed by atoms with Crippen LogP contribution in [0, 0.1) is 0 Å². The summed E-state index contributed by atoms with van der Waals surface area (Å²) in [7, 11) is 0. The Bertz CT molecular complexity index is 614. The smallest absolute Gasteiger partial charge is 0.291 e. The second-order valence-corrected chi connectivity index (χ2v) is 5.57. The van der Waals surface area contributed by atoms with E-state index in [1.807, 2.05) is 20.8 Å². The van der Waals surface area contributed by atoms with Crippen LogP contribution in [0.4, 0.5) is 0 Å². The topological polar surface area (TPSA) is 90.9 Å². The van der Waals surface area contributed by atoms with Crippen molar-refractivity contribution < 1.29 is 9.90 Å². The van der Waals surface area contributed by atoms with Gasteiger partial charge in [0.1, 0.15) is 11.6 Å². The summed E-state index contributed by atoms with van der Waals surface area (Å²) in [4.78, 5) is 16.1. The highest BCUT2D eigenvalue weighted by Gasteiger charge is 2.21. The Hall–Kier alpha value is -2.37. The maximum atomic E-state index is 11.9. The first-order valence-corrected chi connectivity index (χ1v) is 6.36. The van der Waals surface area contributed by atoms with Crippen molar-refractivity contribution >= 4 is 5.91 Å². The lowest BCUT2D eigenvalue weighted by Gasteiger charge is -2.12. The van der Waals surface area contributed by atoms with Crippen LogP contribution in [-0.4, -0.2) is 26.2 Å². The Kier molecular flexibility index (Phi) is 3.74. The van der Waals surface area contributed by atoms with Crippen LogP contribution >= 0.6 is 0 Å². The van der Waals surface area contributed by atoms with Crippen molar-refractivity contribution in [2.75, 3.05) is 0 Å². The summed E-state index contributed by atoms with van der Waals surface area (Å²) in [6.45, 7) is 6.18. The molecule has 0 aliphatic rings. The zero-order chi connectivity index (χ0) is 14.8. The number of H-pyrrole nitrogens is 1. The fraction of sp³-hybridized carbons (Fsp3) is 0.357. The molecule has 1 aromatic carbocycles. The molecule has 0 bridgehead atoms. The van der Waals surface area contributed by atoms with E-state index in [0.29, 0.717) is 11.4 Å². The molecule has 1 amide bonds. The van der Waals surface area contributed by atoms with Gasteiger partial charge in [0.15, 0.2) is 0 Å². The minimum Gasteiger partial charge on any atom is -0.508 e. The number of hydrogen-bond acceptors (Lipinski definition) is 4. The highest BCUT2D eigenvalue weighted by molar-refractivity contribution is 5.90. The number of nitrogens with zero attached hydrogens (tertiary/aromatic N) is 2. The average molecular weight is 274 g/mol. The van der Waals surface area contributed by atoms with Gasteiger partial charge in [-0.05, 0) is 6.07 Å². The van der Waals surface area contributed by atoms with Gasteiger partial charge in [0.2, 0.25) is 5.82 Å². The summed E-state index contributed by atoms with van der Waals surface area (Å²) in [6.07, 6.45) is 0. The van der Waals surface area contributed by atoms with Gasteiger partial charge in [0, 0.05) is 17.5 Å². The number of aromatic hydroxyl groups is 1. The maximum absolute atomic E-state index is 11.9. The van der Waals surface area contributed by atoms with Gasteiger partial charge in [0.25, 0.3) is 5.91 Å². The highest BCUT2D eigenvalue weighted by Crippen LogP contribution is 2.17. The van der Waals surface area contributed by atoms with Crippen molar-refractivity contribution in [3.05, 3.63) is 41.5 Å². The second kappa shape index (κ2) is 5.32. The Morgan fingerprint density at radius 1 is 1.35 bits per heavy atom. The number of nitrogens with one attached hydrogen (secondary N) is 2. The predicted octanol–water partition coefficient (Wildman–Crippen LogP) is 1.74. The Labute approximate surface area is 117 Å². The lowest BCUT2D eigenvalue weighted by molar-refractivity contribution is 0.0940. The van der Waals surface area contributed by atoms with E-state index in [9.17, 15) is 9.90 Å². The summed E-state index contributed by atoms with van der Waals surface area (Å²) in [5, 5.41) is 19.0. The summed E-state index contributed by atoms with van der Waals surface area (Å²) in [5.41, 5.74) is 0.455. The van der Waals surface area contributed by atoms with Gasteiger partial charge in [0.05, 0.1) is 0 Å². The number of phenolic OH excluding ortho intramolecular Hbond substituents is 1. The average Bonchev–Trinajstić information content (AvgIpc) is 2.87. The number of carbonyl (C=O) groups is 1. The number of hydrogen-bond donors (Lipinski definition) is 3. The quantitative estimate of drug-likeness (QED) is 0.795. The number of aromatic amines is 1. The van der Waals surface area contributed by atoms with Crippen LogP contribution in [-0.2, 0) is 12.0 Å². The summed E-state index contributed by atoms with van der Waals surface area (Å²) in [6, 6.07) is 6.84. The molecule has 0 atom stereocenters. The largest absolute Gasteiger partial charge is 0.508 e. The number of amides is 1. The third-order valence-corrected chi connectivity index (χ3v) is 2.83. The van der Waals surface area contributed by atoms with Crippen molar-refractivity contribution in [3.8, 4) is 5.75 Å². The van der Waals surface area contributed by atoms with E-state index in [4.69, 9.17) is 0 Å². The van der Waals surface area contributed by atoms with E-state index in [1.165, 1.54) is 0 Å². The zero-order valence-corrected chi connectivity index (χ0v) is 11.8. The van der Waals surface area contributed by atoms with Gasteiger partial charge < -0.3 is 10.4 Å². The first-order chi connectivity index (χ1) is 9.38. The molecule has 2 aromatic rings. The molecular weight excluding hydrogens is 256 g/mol. The molecule has 0 saturated heterocycles. The molecule has 20 heavy (non-hydrogen) atoms. The van der Waals surface area contributed by atoms with Crippen molar-refractivity contribution in [2.24, 2.45) is 0 Å². The second-order valence-electron chi connectivity index (χ2n) is 5.57. The SMILES string of the molecule is CC(C)(C)c1nc(C(=O)NCc2ccccc2O)n[nH]1. The van der Waals surface area contributed by atoms with Gasteiger partial charge in [-0.25, -0.2) is 4.98 Å². The molecule has 0 spiro atoms. The van der Waals surface area contributed by atoms with E-state index in [0.717, 1.165) is 0 Å². The third kappa shape index (κ3) is 3.14. The third-order valence-electron chi connectivity index (χ3n) is 2.83. The van der Waals surface area contributed by atoms with Gasteiger partial charge in [-0.3, -0.25) is 9.89 Å². The summed E-state index contributed by atoms with van der Waals surface area (Å²) in [5.74, 6) is 0.536. The van der Waals surface area contributed by atoms with E-state index < -0.39 is 0 Å². The van der Waals surface area contributed by atoms with Crippen molar-refractivity contribution in [2.45, 2.75) is 32.7 Å². The molecule has 1 aromatic heterocycles. The van der Waals surface area contributed by atoms with Gasteiger partial charge >= 0.3 is 0 Å². The van der Waals surface area contributed by atoms with Crippen LogP contribution in [0.1, 0.15) is 42.8 Å². The standard InChI is InChI=1S/C14H18N4O2/c1-14(2,3)13-16-11(17-18-13)12(20)15-8-9-6-4-5-7-10(9)19/h4-7,19H,8H2,1-3H3,(H,15,20)(H,16,17,18). The Morgan fingerprint density at radius 3 is 2.65 bits per heavy atom. The zero-order valence-electron chi connectivity index (χ0n) is 11.8. The van der Waals surface area contributed by atoms with Gasteiger partial charge in [-0.2, -0.15) is 0 Å². The minimum absolute atomic E-state index is 0.102. The predicted molar refractivity (Wildman–Crippen MR) is 74.4 cm³/mol. The monoisotopic (exact) mass is 274 g/mol. The first kappa shape index (κ1) is 14.0. The maximum Gasteiger partial charge on any atom is 0.291 e. The summed E-state index contributed by atoms with van der Waals surface area (Å²) >= 11 is 0. The number of rotatable bonds is 3. The first-order valence-electron chi connectivity index (χ1n) is 6.36. The van der Waals surface area contributed by atoms with E-state index >= 15 is 0 Å². The molecule has 6 nitrogen and oxygen atoms in total. The fourth-order valence-electron chi connectivity index (χ4n) is 1.61. The Morgan fingerprint density at radius 2 is 2.05 bits per heavy atom. The van der Waals surface area contributed by atoms with Crippen molar-refractivity contribution in [3.63, 3.8) is 0 Å². The molecule has 0 saturated carbocycles. The molecule has 2 rings (SSSR count). The number of carbonyl (C=O) groups excluding carboxylic acids is 1. The van der Waals surface area contributed by atoms with Crippen LogP contribution in [0.3, 0.4) is 0 Å². The molecule has 0 radical (unpaired) electrons. The summed E-state index contributed by atoms with van der Waals surface area (Å²) < 4.78 is 0. The molecule has 1 heterocycles. The fourth-order valence-corrected chi connectivity index (χ4v) is 1.61. The molecule has 0 fully saturated rings. The van der Waals surface area contributed by atoms with Gasteiger partial charge in [-0.1, -0.05) is 39.0 Å². The minimum atomic E-state index is -0.375.